The Morgan fingerprint density at radius 2 is 2.00 bits per heavy atom. The number of hydrogen-bond acceptors (Lipinski definition) is 5. The first-order valence-electron chi connectivity index (χ1n) is 9.72. The first kappa shape index (κ1) is 20.5. The second-order valence-corrected chi connectivity index (χ2v) is 8.46. The van der Waals surface area contributed by atoms with E-state index in [2.05, 4.69) is 5.32 Å². The van der Waals surface area contributed by atoms with Gasteiger partial charge in [-0.3, -0.25) is 0 Å². The van der Waals surface area contributed by atoms with E-state index in [-0.39, 0.29) is 12.1 Å². The highest BCUT2D eigenvalue weighted by Gasteiger charge is 2.40. The number of amides is 1. The van der Waals surface area contributed by atoms with Gasteiger partial charge in [-0.1, -0.05) is 6.42 Å². The fourth-order valence-corrected chi connectivity index (χ4v) is 4.19. The normalized spacial score (nSPS) is 28.8. The summed E-state index contributed by atoms with van der Waals surface area (Å²) in [7, 11) is 1.60. The third-order valence-electron chi connectivity index (χ3n) is 5.22. The number of nitrogens with one attached hydrogen (secondary N) is 1. The number of ether oxygens (including phenoxy) is 2. The first-order valence-corrected chi connectivity index (χ1v) is 9.72. The molecule has 4 atom stereocenters. The highest BCUT2D eigenvalue weighted by atomic mass is 16.6. The van der Waals surface area contributed by atoms with Gasteiger partial charge in [0.05, 0.1) is 12.7 Å². The van der Waals surface area contributed by atoms with E-state index < -0.39 is 11.7 Å². The highest BCUT2D eigenvalue weighted by Crippen LogP contribution is 2.36. The van der Waals surface area contributed by atoms with Crippen molar-refractivity contribution < 1.29 is 19.4 Å². The van der Waals surface area contributed by atoms with Crippen LogP contribution in [-0.2, 0) is 9.47 Å². The zero-order chi connectivity index (χ0) is 18.4. The molecule has 6 heteroatoms. The van der Waals surface area contributed by atoms with Crippen molar-refractivity contribution in [3.05, 3.63) is 0 Å². The van der Waals surface area contributed by atoms with Crippen LogP contribution in [0.3, 0.4) is 0 Å². The standard InChI is InChI=1S/C19H36N2O4/c1-19(2,3)25-18(23)21-11-6-5-10-17(21)15-8-7-9-16(15)20-12-14(22)13-24-4/h14-17,20,22H,5-13H2,1-4H3. The monoisotopic (exact) mass is 356 g/mol. The van der Waals surface area contributed by atoms with Crippen molar-refractivity contribution in [1.82, 2.24) is 10.2 Å². The van der Waals surface area contributed by atoms with Crippen molar-refractivity contribution in [1.29, 1.82) is 0 Å². The molecule has 0 spiro atoms. The molecule has 1 aliphatic carbocycles. The summed E-state index contributed by atoms with van der Waals surface area (Å²) >= 11 is 0. The number of aliphatic hydroxyl groups excluding tert-OH is 1. The van der Waals surface area contributed by atoms with Crippen LogP contribution in [-0.4, -0.2) is 66.7 Å². The fraction of sp³-hybridized carbons (Fsp3) is 0.947. The van der Waals surface area contributed by atoms with E-state index in [1.54, 1.807) is 7.11 Å². The van der Waals surface area contributed by atoms with E-state index >= 15 is 0 Å². The van der Waals surface area contributed by atoms with Crippen LogP contribution in [0.2, 0.25) is 0 Å². The molecule has 25 heavy (non-hydrogen) atoms. The molecule has 2 aliphatic rings. The predicted octanol–water partition coefficient (Wildman–Crippen LogP) is 2.54. The molecular formula is C19H36N2O4. The second-order valence-electron chi connectivity index (χ2n) is 8.46. The molecule has 6 nitrogen and oxygen atoms in total. The largest absolute Gasteiger partial charge is 0.444 e. The van der Waals surface area contributed by atoms with Crippen LogP contribution >= 0.6 is 0 Å². The Labute approximate surface area is 152 Å². The Hall–Kier alpha value is -0.850. The maximum absolute atomic E-state index is 12.7. The van der Waals surface area contributed by atoms with Crippen molar-refractivity contribution in [2.24, 2.45) is 5.92 Å². The number of methoxy groups -OCH3 is 1. The Balaban J connectivity index is 1.98. The van der Waals surface area contributed by atoms with Gasteiger partial charge in [0.15, 0.2) is 0 Å². The Bertz CT molecular complexity index is 424. The SMILES string of the molecule is COCC(O)CNC1CCCC1C1CCCCN1C(=O)OC(C)(C)C. The average molecular weight is 357 g/mol. The van der Waals surface area contributed by atoms with Gasteiger partial charge in [-0.05, 0) is 58.8 Å². The van der Waals surface area contributed by atoms with E-state index in [4.69, 9.17) is 9.47 Å². The minimum Gasteiger partial charge on any atom is -0.444 e. The van der Waals surface area contributed by atoms with Crippen molar-refractivity contribution in [2.75, 3.05) is 26.8 Å². The summed E-state index contributed by atoms with van der Waals surface area (Å²) in [5.74, 6) is 0.433. The lowest BCUT2D eigenvalue weighted by Crippen LogP contribution is -2.53. The molecule has 0 bridgehead atoms. The van der Waals surface area contributed by atoms with Gasteiger partial charge in [-0.25, -0.2) is 4.79 Å². The number of nitrogens with zero attached hydrogens (tertiary/aromatic N) is 1. The summed E-state index contributed by atoms with van der Waals surface area (Å²) in [6, 6.07) is 0.586. The first-order chi connectivity index (χ1) is 11.8. The van der Waals surface area contributed by atoms with E-state index in [0.29, 0.717) is 25.1 Å². The molecule has 0 aromatic rings. The fourth-order valence-electron chi connectivity index (χ4n) is 4.19. The van der Waals surface area contributed by atoms with Crippen LogP contribution < -0.4 is 5.32 Å². The number of likely N-dealkylation sites (tertiary alicyclic amines) is 1. The average Bonchev–Trinajstić information content (AvgIpc) is 3.00. The molecule has 1 saturated carbocycles. The minimum absolute atomic E-state index is 0.178. The Kier molecular flexibility index (Phi) is 7.52. The molecule has 1 saturated heterocycles. The molecule has 146 valence electrons. The highest BCUT2D eigenvalue weighted by molar-refractivity contribution is 5.68. The lowest BCUT2D eigenvalue weighted by atomic mass is 9.87. The third-order valence-corrected chi connectivity index (χ3v) is 5.22. The molecule has 2 rings (SSSR count). The van der Waals surface area contributed by atoms with E-state index in [1.165, 1.54) is 12.8 Å². The van der Waals surface area contributed by atoms with Gasteiger partial charge in [-0.2, -0.15) is 0 Å². The van der Waals surface area contributed by atoms with Crippen LogP contribution in [0.5, 0.6) is 0 Å². The smallest absolute Gasteiger partial charge is 0.410 e. The number of aliphatic hydroxyl groups is 1. The number of hydrogen-bond donors (Lipinski definition) is 2. The van der Waals surface area contributed by atoms with Crippen molar-refractivity contribution in [3.63, 3.8) is 0 Å². The van der Waals surface area contributed by atoms with Crippen LogP contribution in [0, 0.1) is 5.92 Å². The molecular weight excluding hydrogens is 320 g/mol. The number of carbonyl (C=O) groups is 1. The van der Waals surface area contributed by atoms with Gasteiger partial charge in [-0.15, -0.1) is 0 Å². The van der Waals surface area contributed by atoms with E-state index in [0.717, 1.165) is 32.2 Å². The van der Waals surface area contributed by atoms with Crippen molar-refractivity contribution >= 4 is 6.09 Å². The van der Waals surface area contributed by atoms with Crippen molar-refractivity contribution in [2.45, 2.75) is 83.1 Å². The van der Waals surface area contributed by atoms with Crippen LogP contribution in [0.4, 0.5) is 4.79 Å². The summed E-state index contributed by atoms with van der Waals surface area (Å²) < 4.78 is 10.6. The topological polar surface area (TPSA) is 71.0 Å². The lowest BCUT2D eigenvalue weighted by molar-refractivity contribution is -0.000859. The number of piperidine rings is 1. The van der Waals surface area contributed by atoms with Gasteiger partial charge in [0, 0.05) is 32.3 Å². The summed E-state index contributed by atoms with van der Waals surface area (Å²) in [6.07, 6.45) is 5.99. The van der Waals surface area contributed by atoms with Crippen molar-refractivity contribution in [3.8, 4) is 0 Å². The van der Waals surface area contributed by atoms with E-state index in [9.17, 15) is 9.90 Å². The maximum atomic E-state index is 12.7. The van der Waals surface area contributed by atoms with Gasteiger partial charge < -0.3 is 24.8 Å². The third kappa shape index (κ3) is 6.12. The van der Waals surface area contributed by atoms with Crippen LogP contribution in [0.1, 0.15) is 59.3 Å². The zero-order valence-electron chi connectivity index (χ0n) is 16.3. The lowest BCUT2D eigenvalue weighted by Gasteiger charge is -2.41. The molecule has 1 aliphatic heterocycles. The summed E-state index contributed by atoms with van der Waals surface area (Å²) in [4.78, 5) is 14.6. The Morgan fingerprint density at radius 1 is 1.24 bits per heavy atom. The van der Waals surface area contributed by atoms with Gasteiger partial charge in [0.2, 0.25) is 0 Å². The summed E-state index contributed by atoms with van der Waals surface area (Å²) in [6.45, 7) is 7.42. The molecule has 2 fully saturated rings. The molecule has 1 amide bonds. The van der Waals surface area contributed by atoms with E-state index in [1.807, 2.05) is 25.7 Å². The zero-order valence-corrected chi connectivity index (χ0v) is 16.3. The molecule has 0 aromatic heterocycles. The predicted molar refractivity (Wildman–Crippen MR) is 97.6 cm³/mol. The van der Waals surface area contributed by atoms with Crippen LogP contribution in [0.15, 0.2) is 0 Å². The second kappa shape index (κ2) is 9.19. The summed E-state index contributed by atoms with van der Waals surface area (Å²) in [5.41, 5.74) is -0.462. The summed E-state index contributed by atoms with van der Waals surface area (Å²) in [5, 5.41) is 13.4. The number of carbonyl (C=O) groups excluding carboxylic acids is 1. The molecule has 1 heterocycles. The minimum atomic E-state index is -0.487. The Morgan fingerprint density at radius 3 is 2.68 bits per heavy atom. The van der Waals surface area contributed by atoms with Crippen LogP contribution in [0.25, 0.3) is 0 Å². The molecule has 0 radical (unpaired) electrons. The van der Waals surface area contributed by atoms with Gasteiger partial charge in [0.25, 0.3) is 0 Å². The maximum Gasteiger partial charge on any atom is 0.410 e. The van der Waals surface area contributed by atoms with Gasteiger partial charge >= 0.3 is 6.09 Å². The molecule has 2 N–H and O–H groups in total. The number of rotatable bonds is 6. The van der Waals surface area contributed by atoms with Gasteiger partial charge in [0.1, 0.15) is 5.60 Å². The molecule has 0 aromatic carbocycles. The molecule has 4 unspecified atom stereocenters. The quantitative estimate of drug-likeness (QED) is 0.765.